The molecule has 1 aromatic carbocycles. The van der Waals surface area contributed by atoms with Crippen LogP contribution in [0.1, 0.15) is 23.7 Å². The molecule has 2 rings (SSSR count). The average molecular weight is 367 g/mol. The number of hydrogen-bond donors (Lipinski definition) is 3. The van der Waals surface area contributed by atoms with Gasteiger partial charge in [-0.15, -0.1) is 0 Å². The van der Waals surface area contributed by atoms with Crippen molar-refractivity contribution >= 4 is 27.5 Å². The number of nitrogens with zero attached hydrogens (tertiary/aromatic N) is 1. The van der Waals surface area contributed by atoms with E-state index in [0.717, 1.165) is 6.08 Å². The molecule has 1 heterocycles. The third-order valence-electron chi connectivity index (χ3n) is 3.90. The molecule has 2 amide bonds. The molecule has 0 saturated carbocycles. The zero-order valence-electron chi connectivity index (χ0n) is 13.9. The average Bonchev–Trinajstić information content (AvgIpc) is 3.06. The van der Waals surface area contributed by atoms with Crippen LogP contribution < -0.4 is 10.0 Å². The van der Waals surface area contributed by atoms with Gasteiger partial charge in [0.15, 0.2) is 0 Å². The predicted molar refractivity (Wildman–Crippen MR) is 93.8 cm³/mol. The Balaban J connectivity index is 2.17. The minimum absolute atomic E-state index is 0.00311. The molecule has 136 valence electrons. The highest BCUT2D eigenvalue weighted by Crippen LogP contribution is 2.26. The van der Waals surface area contributed by atoms with Gasteiger partial charge in [0.05, 0.1) is 10.8 Å². The fraction of sp³-hybridized carbons (Fsp3) is 0.375. The highest BCUT2D eigenvalue weighted by Gasteiger charge is 2.35. The largest absolute Gasteiger partial charge is 0.507 e. The minimum atomic E-state index is -3.47. The number of hydrogen-bond acceptors (Lipinski definition) is 5. The molecule has 0 spiro atoms. The molecule has 9 heteroatoms. The second kappa shape index (κ2) is 7.66. The monoisotopic (exact) mass is 367 g/mol. The van der Waals surface area contributed by atoms with Crippen LogP contribution in [0.2, 0.25) is 0 Å². The predicted octanol–water partition coefficient (Wildman–Crippen LogP) is 0.670. The topological polar surface area (TPSA) is 116 Å². The molecule has 0 radical (unpaired) electrons. The van der Waals surface area contributed by atoms with Gasteiger partial charge in [0, 0.05) is 25.3 Å². The molecule has 1 saturated heterocycles. The summed E-state index contributed by atoms with van der Waals surface area (Å²) < 4.78 is 26.6. The van der Waals surface area contributed by atoms with Crippen molar-refractivity contribution in [2.75, 3.05) is 25.0 Å². The minimum Gasteiger partial charge on any atom is -0.507 e. The first kappa shape index (κ1) is 18.9. The Morgan fingerprint density at radius 2 is 2.16 bits per heavy atom. The molecule has 25 heavy (non-hydrogen) atoms. The summed E-state index contributed by atoms with van der Waals surface area (Å²) in [7, 11) is -3.47. The fourth-order valence-electron chi connectivity index (χ4n) is 2.63. The first-order chi connectivity index (χ1) is 11.8. The number of carbonyl (C=O) groups excluding carboxylic acids is 2. The third-order valence-corrected chi connectivity index (χ3v) is 5.85. The summed E-state index contributed by atoms with van der Waals surface area (Å²) in [5, 5.41) is 11.8. The molecule has 3 N–H and O–H groups in total. The first-order valence-corrected chi connectivity index (χ1v) is 9.37. The van der Waals surface area contributed by atoms with Crippen LogP contribution in [0.5, 0.6) is 5.75 Å². The zero-order valence-corrected chi connectivity index (χ0v) is 14.7. The number of amides is 2. The van der Waals surface area contributed by atoms with Crippen molar-refractivity contribution in [1.82, 2.24) is 9.62 Å². The third kappa shape index (κ3) is 4.37. The summed E-state index contributed by atoms with van der Waals surface area (Å²) in [6, 6.07) is 4.11. The van der Waals surface area contributed by atoms with Gasteiger partial charge in [0.1, 0.15) is 5.75 Å². The zero-order chi connectivity index (χ0) is 18.6. The number of aromatic hydroxyl groups is 1. The van der Waals surface area contributed by atoms with E-state index in [1.807, 2.05) is 0 Å². The van der Waals surface area contributed by atoms with Gasteiger partial charge in [-0.2, -0.15) is 0 Å². The molecule has 1 fully saturated rings. The smallest absolute Gasteiger partial charge is 0.257 e. The van der Waals surface area contributed by atoms with E-state index in [0.29, 0.717) is 18.7 Å². The van der Waals surface area contributed by atoms with E-state index in [4.69, 9.17) is 0 Å². The highest BCUT2D eigenvalue weighted by molar-refractivity contribution is 7.90. The number of phenolic OH excluding ortho intramolecular Hbond substituents is 1. The Labute approximate surface area is 146 Å². The van der Waals surface area contributed by atoms with E-state index in [-0.39, 0.29) is 24.4 Å². The van der Waals surface area contributed by atoms with Crippen molar-refractivity contribution < 1.29 is 23.1 Å². The summed E-state index contributed by atoms with van der Waals surface area (Å²) >= 11 is 0. The maximum Gasteiger partial charge on any atom is 0.257 e. The van der Waals surface area contributed by atoms with Gasteiger partial charge in [-0.1, -0.05) is 13.5 Å². The first-order valence-electron chi connectivity index (χ1n) is 7.82. The lowest BCUT2D eigenvalue weighted by Gasteiger charge is -2.18. The van der Waals surface area contributed by atoms with Gasteiger partial charge < -0.3 is 15.3 Å². The second-order valence-corrected chi connectivity index (χ2v) is 7.68. The lowest BCUT2D eigenvalue weighted by molar-refractivity contribution is -0.111. The number of nitrogens with one attached hydrogen (secondary N) is 2. The Bertz CT molecular complexity index is 791. The quantitative estimate of drug-likeness (QED) is 0.505. The van der Waals surface area contributed by atoms with Gasteiger partial charge in [-0.05, 0) is 30.7 Å². The van der Waals surface area contributed by atoms with Gasteiger partial charge in [-0.3, -0.25) is 9.59 Å². The molecular weight excluding hydrogens is 346 g/mol. The molecule has 0 aliphatic carbocycles. The van der Waals surface area contributed by atoms with Crippen LogP contribution in [0.15, 0.2) is 30.9 Å². The summed E-state index contributed by atoms with van der Waals surface area (Å²) in [5.74, 6) is -1.16. The molecule has 1 aliphatic heterocycles. The van der Waals surface area contributed by atoms with Crippen molar-refractivity contribution in [3.8, 4) is 5.75 Å². The van der Waals surface area contributed by atoms with Crippen LogP contribution in [-0.4, -0.2) is 55.1 Å². The molecule has 0 aromatic heterocycles. The van der Waals surface area contributed by atoms with Crippen molar-refractivity contribution in [3.63, 3.8) is 0 Å². The number of benzene rings is 1. The van der Waals surface area contributed by atoms with Gasteiger partial charge >= 0.3 is 0 Å². The van der Waals surface area contributed by atoms with Crippen LogP contribution in [0.4, 0.5) is 5.69 Å². The SMILES string of the molecule is C=CC(=O)Nc1ccc(O)c(C(=O)N2CCC(S(=O)(=O)NCC)C2)c1. The highest BCUT2D eigenvalue weighted by atomic mass is 32.2. The molecular formula is C16H21N3O5S. The number of phenols is 1. The molecule has 0 bridgehead atoms. The van der Waals surface area contributed by atoms with Crippen molar-refractivity contribution in [2.24, 2.45) is 0 Å². The molecule has 1 unspecified atom stereocenters. The molecule has 8 nitrogen and oxygen atoms in total. The van der Waals surface area contributed by atoms with E-state index in [9.17, 15) is 23.1 Å². The van der Waals surface area contributed by atoms with Crippen LogP contribution in [0.3, 0.4) is 0 Å². The second-order valence-electron chi connectivity index (χ2n) is 5.63. The Morgan fingerprint density at radius 3 is 2.80 bits per heavy atom. The Hall–Kier alpha value is -2.39. The number of anilines is 1. The maximum absolute atomic E-state index is 12.6. The van der Waals surface area contributed by atoms with Crippen molar-refractivity contribution in [2.45, 2.75) is 18.6 Å². The summed E-state index contributed by atoms with van der Waals surface area (Å²) in [6.07, 6.45) is 1.42. The Kier molecular flexibility index (Phi) is 5.81. The van der Waals surface area contributed by atoms with E-state index >= 15 is 0 Å². The van der Waals surface area contributed by atoms with Gasteiger partial charge in [0.2, 0.25) is 15.9 Å². The maximum atomic E-state index is 12.6. The number of likely N-dealkylation sites (tertiary alicyclic amines) is 1. The summed E-state index contributed by atoms with van der Waals surface area (Å²) in [4.78, 5) is 25.4. The van der Waals surface area contributed by atoms with Gasteiger partial charge in [-0.25, -0.2) is 13.1 Å². The lowest BCUT2D eigenvalue weighted by Crippen LogP contribution is -2.37. The van der Waals surface area contributed by atoms with Crippen molar-refractivity contribution in [1.29, 1.82) is 0 Å². The van der Waals surface area contributed by atoms with E-state index in [1.165, 1.54) is 23.1 Å². The normalized spacial score (nSPS) is 17.3. The van der Waals surface area contributed by atoms with Crippen LogP contribution in [0.25, 0.3) is 0 Å². The van der Waals surface area contributed by atoms with E-state index < -0.39 is 27.1 Å². The Morgan fingerprint density at radius 1 is 1.44 bits per heavy atom. The number of rotatable bonds is 6. The van der Waals surface area contributed by atoms with E-state index in [1.54, 1.807) is 6.92 Å². The molecule has 1 aliphatic rings. The lowest BCUT2D eigenvalue weighted by atomic mass is 10.1. The van der Waals surface area contributed by atoms with E-state index in [2.05, 4.69) is 16.6 Å². The van der Waals surface area contributed by atoms with Crippen LogP contribution in [-0.2, 0) is 14.8 Å². The number of carbonyl (C=O) groups is 2. The standard InChI is InChI=1S/C16H21N3O5S/c1-3-15(21)18-11-5-6-14(20)13(9-11)16(22)19-8-7-12(10-19)25(23,24)17-4-2/h3,5-6,9,12,17,20H,1,4,7-8,10H2,2H3,(H,18,21). The molecule has 1 atom stereocenters. The molecule has 1 aromatic rings. The summed E-state index contributed by atoms with van der Waals surface area (Å²) in [5.41, 5.74) is 0.338. The van der Waals surface area contributed by atoms with Crippen LogP contribution in [0, 0.1) is 0 Å². The van der Waals surface area contributed by atoms with Crippen molar-refractivity contribution in [3.05, 3.63) is 36.4 Å². The fourth-order valence-corrected chi connectivity index (χ4v) is 4.06. The van der Waals surface area contributed by atoms with Gasteiger partial charge in [0.25, 0.3) is 5.91 Å². The number of sulfonamides is 1. The van der Waals surface area contributed by atoms with Crippen LogP contribution >= 0.6 is 0 Å². The summed E-state index contributed by atoms with van der Waals surface area (Å²) in [6.45, 7) is 5.65.